The van der Waals surface area contributed by atoms with E-state index < -0.39 is 5.54 Å². The van der Waals surface area contributed by atoms with Gasteiger partial charge < -0.3 is 19.9 Å². The molecular formula is C17H22N2O4. The number of aliphatic hydroxyl groups is 2. The van der Waals surface area contributed by atoms with Crippen molar-refractivity contribution in [3.8, 4) is 5.75 Å². The lowest BCUT2D eigenvalue weighted by Crippen LogP contribution is -2.31. The molecule has 0 bridgehead atoms. The number of aromatic hydroxyl groups is 1. The van der Waals surface area contributed by atoms with Gasteiger partial charge in [0.1, 0.15) is 11.3 Å². The first-order valence-corrected chi connectivity index (χ1v) is 7.44. The molecule has 0 fully saturated rings. The number of fused-ring (bicyclic) bond motifs is 1. The van der Waals surface area contributed by atoms with Gasteiger partial charge in [0.15, 0.2) is 0 Å². The number of aliphatic imine (C=N–C) groups is 1. The van der Waals surface area contributed by atoms with E-state index in [1.165, 1.54) is 4.57 Å². The summed E-state index contributed by atoms with van der Waals surface area (Å²) >= 11 is 0. The van der Waals surface area contributed by atoms with Gasteiger partial charge >= 0.3 is 0 Å². The number of nitrogens with zero attached hydrogens (tertiary/aromatic N) is 2. The van der Waals surface area contributed by atoms with Crippen LogP contribution in [0.1, 0.15) is 25.8 Å². The van der Waals surface area contributed by atoms with Crippen LogP contribution in [0.15, 0.2) is 34.1 Å². The molecule has 2 rings (SSSR count). The second-order valence-electron chi connectivity index (χ2n) is 5.93. The Labute approximate surface area is 134 Å². The number of benzene rings is 1. The lowest BCUT2D eigenvalue weighted by atomic mass is 9.99. The van der Waals surface area contributed by atoms with E-state index in [0.717, 1.165) is 0 Å². The fourth-order valence-corrected chi connectivity index (χ4v) is 2.68. The molecule has 6 nitrogen and oxygen atoms in total. The van der Waals surface area contributed by atoms with Crippen molar-refractivity contribution >= 4 is 16.6 Å². The second-order valence-corrected chi connectivity index (χ2v) is 5.93. The van der Waals surface area contributed by atoms with Gasteiger partial charge in [0.2, 0.25) is 0 Å². The van der Waals surface area contributed by atoms with Crippen LogP contribution in [0.5, 0.6) is 5.75 Å². The van der Waals surface area contributed by atoms with Crippen molar-refractivity contribution in [1.29, 1.82) is 0 Å². The molecule has 0 radical (unpaired) electrons. The molecule has 1 heterocycles. The maximum absolute atomic E-state index is 12.6. The number of aliphatic hydroxyl groups excluding tert-OH is 2. The zero-order valence-corrected chi connectivity index (χ0v) is 13.6. The molecule has 6 heteroatoms. The molecule has 0 aliphatic heterocycles. The quantitative estimate of drug-likeness (QED) is 0.722. The number of hydrogen-bond donors (Lipinski definition) is 3. The smallest absolute Gasteiger partial charge is 0.263 e. The summed E-state index contributed by atoms with van der Waals surface area (Å²) < 4.78 is 1.46. The number of aryl methyl sites for hydroxylation is 1. The average molecular weight is 318 g/mol. The van der Waals surface area contributed by atoms with Crippen molar-refractivity contribution in [2.75, 3.05) is 13.2 Å². The van der Waals surface area contributed by atoms with Crippen molar-refractivity contribution in [2.45, 2.75) is 25.8 Å². The summed E-state index contributed by atoms with van der Waals surface area (Å²) in [5.41, 5.74) is -0.177. The first kappa shape index (κ1) is 17.2. The van der Waals surface area contributed by atoms with Gasteiger partial charge in [-0.05, 0) is 32.4 Å². The molecule has 1 unspecified atom stereocenters. The van der Waals surface area contributed by atoms with Gasteiger partial charge in [-0.25, -0.2) is 0 Å². The fraction of sp³-hybridized carbons (Fsp3) is 0.412. The van der Waals surface area contributed by atoms with E-state index in [-0.39, 0.29) is 36.5 Å². The largest absolute Gasteiger partial charge is 0.506 e. The molecule has 0 aliphatic carbocycles. The summed E-state index contributed by atoms with van der Waals surface area (Å²) in [6, 6.07) is 7.08. The van der Waals surface area contributed by atoms with Gasteiger partial charge in [-0.2, -0.15) is 0 Å². The van der Waals surface area contributed by atoms with Gasteiger partial charge in [-0.3, -0.25) is 9.79 Å². The normalized spacial score (nSPS) is 14.9. The highest BCUT2D eigenvalue weighted by atomic mass is 16.3. The Hall–Kier alpha value is -2.18. The third-order valence-electron chi connectivity index (χ3n) is 4.07. The Morgan fingerprint density at radius 1 is 1.30 bits per heavy atom. The molecule has 0 saturated heterocycles. The molecule has 2 aromatic rings. The van der Waals surface area contributed by atoms with Crippen LogP contribution >= 0.6 is 0 Å². The van der Waals surface area contributed by atoms with Gasteiger partial charge in [0.25, 0.3) is 5.56 Å². The number of aromatic nitrogens is 1. The number of hydrogen-bond acceptors (Lipinski definition) is 5. The Morgan fingerprint density at radius 3 is 2.57 bits per heavy atom. The summed E-state index contributed by atoms with van der Waals surface area (Å²) in [4.78, 5) is 17.0. The minimum atomic E-state index is -0.901. The average Bonchev–Trinajstić information content (AvgIpc) is 2.53. The summed E-state index contributed by atoms with van der Waals surface area (Å²) in [5.74, 6) is -0.116. The zero-order valence-electron chi connectivity index (χ0n) is 13.6. The molecule has 1 aromatic carbocycles. The Bertz CT molecular complexity index is 810. The van der Waals surface area contributed by atoms with Gasteiger partial charge in [-0.1, -0.05) is 12.1 Å². The first-order chi connectivity index (χ1) is 10.8. The summed E-state index contributed by atoms with van der Waals surface area (Å²) in [7, 11) is 1.64. The lowest BCUT2D eigenvalue weighted by molar-refractivity contribution is 0.169. The highest BCUT2D eigenvalue weighted by molar-refractivity contribution is 6.05. The highest BCUT2D eigenvalue weighted by Gasteiger charge is 2.24. The van der Waals surface area contributed by atoms with Crippen molar-refractivity contribution in [3.63, 3.8) is 0 Å². The standard InChI is InChI=1S/C17H22N2O4/c1-11(18-17(2,10-21)8-9-20)14-15(22)12-6-4-5-7-13(12)19(3)16(14)23/h4-7,20-22H,8-10H2,1-3H3. The number of pyridine rings is 1. The molecule has 0 spiro atoms. The van der Waals surface area contributed by atoms with E-state index in [0.29, 0.717) is 16.6 Å². The Balaban J connectivity index is 2.71. The van der Waals surface area contributed by atoms with Crippen molar-refractivity contribution < 1.29 is 15.3 Å². The van der Waals surface area contributed by atoms with Crippen LogP contribution < -0.4 is 5.56 Å². The molecule has 1 atom stereocenters. The maximum atomic E-state index is 12.6. The van der Waals surface area contributed by atoms with Crippen molar-refractivity contribution in [1.82, 2.24) is 4.57 Å². The SMILES string of the molecule is CC(=NC(C)(CO)CCO)c1c(O)c2ccccc2n(C)c1=O. The van der Waals surface area contributed by atoms with Crippen LogP contribution in [0.2, 0.25) is 0 Å². The fourth-order valence-electron chi connectivity index (χ4n) is 2.68. The van der Waals surface area contributed by atoms with Gasteiger partial charge in [0, 0.05) is 24.8 Å². The van der Waals surface area contributed by atoms with E-state index in [1.807, 2.05) is 0 Å². The predicted octanol–water partition coefficient (Wildman–Crippen LogP) is 1.19. The zero-order chi connectivity index (χ0) is 17.2. The van der Waals surface area contributed by atoms with Gasteiger partial charge in [0.05, 0.1) is 17.7 Å². The molecule has 0 saturated carbocycles. The van der Waals surface area contributed by atoms with Crippen molar-refractivity contribution in [3.05, 3.63) is 40.2 Å². The van der Waals surface area contributed by atoms with E-state index >= 15 is 0 Å². The summed E-state index contributed by atoms with van der Waals surface area (Å²) in [5, 5.41) is 29.7. The number of para-hydroxylation sites is 1. The molecule has 124 valence electrons. The Kier molecular flexibility index (Phi) is 4.87. The number of rotatable bonds is 5. The Morgan fingerprint density at radius 2 is 1.96 bits per heavy atom. The minimum Gasteiger partial charge on any atom is -0.506 e. The molecular weight excluding hydrogens is 296 g/mol. The van der Waals surface area contributed by atoms with E-state index in [2.05, 4.69) is 4.99 Å². The topological polar surface area (TPSA) is 95.1 Å². The maximum Gasteiger partial charge on any atom is 0.263 e. The lowest BCUT2D eigenvalue weighted by Gasteiger charge is -2.23. The van der Waals surface area contributed by atoms with Crippen molar-refractivity contribution in [2.24, 2.45) is 12.0 Å². The van der Waals surface area contributed by atoms with E-state index in [9.17, 15) is 15.0 Å². The van der Waals surface area contributed by atoms with E-state index in [1.54, 1.807) is 45.2 Å². The van der Waals surface area contributed by atoms with Crippen LogP contribution in [-0.2, 0) is 7.05 Å². The third-order valence-corrected chi connectivity index (χ3v) is 4.07. The van der Waals surface area contributed by atoms with Crippen LogP contribution in [0.25, 0.3) is 10.9 Å². The third kappa shape index (κ3) is 3.13. The molecule has 0 aliphatic rings. The first-order valence-electron chi connectivity index (χ1n) is 7.44. The molecule has 1 aromatic heterocycles. The van der Waals surface area contributed by atoms with E-state index in [4.69, 9.17) is 5.11 Å². The molecule has 0 amide bonds. The second kappa shape index (κ2) is 6.52. The summed E-state index contributed by atoms with van der Waals surface area (Å²) in [6.07, 6.45) is 0.259. The summed E-state index contributed by atoms with van der Waals surface area (Å²) in [6.45, 7) is 2.92. The minimum absolute atomic E-state index is 0.115. The van der Waals surface area contributed by atoms with Crippen LogP contribution in [0, 0.1) is 0 Å². The monoisotopic (exact) mass is 318 g/mol. The highest BCUT2D eigenvalue weighted by Crippen LogP contribution is 2.27. The van der Waals surface area contributed by atoms with Crippen LogP contribution in [0.4, 0.5) is 0 Å². The van der Waals surface area contributed by atoms with Crippen LogP contribution in [-0.4, -0.2) is 44.4 Å². The van der Waals surface area contributed by atoms with Gasteiger partial charge in [-0.15, -0.1) is 0 Å². The molecule has 23 heavy (non-hydrogen) atoms. The predicted molar refractivity (Wildman–Crippen MR) is 90.3 cm³/mol. The van der Waals surface area contributed by atoms with Crippen LogP contribution in [0.3, 0.4) is 0 Å². The molecule has 3 N–H and O–H groups in total.